The van der Waals surface area contributed by atoms with Crippen LogP contribution in [0.15, 0.2) is 47.4 Å². The van der Waals surface area contributed by atoms with Gasteiger partial charge in [-0.3, -0.25) is 9.52 Å². The molecule has 3 rings (SSSR count). The normalized spacial score (nSPS) is 14.7. The lowest BCUT2D eigenvalue weighted by molar-refractivity contribution is 0.0141. The van der Waals surface area contributed by atoms with E-state index in [0.717, 1.165) is 5.56 Å². The summed E-state index contributed by atoms with van der Waals surface area (Å²) < 4.78 is 33.9. The van der Waals surface area contributed by atoms with Gasteiger partial charge >= 0.3 is 6.09 Å². The van der Waals surface area contributed by atoms with Gasteiger partial charge in [0.15, 0.2) is 0 Å². The number of sulfonamides is 1. The van der Waals surface area contributed by atoms with Gasteiger partial charge in [-0.05, 0) is 58.4 Å². The van der Waals surface area contributed by atoms with Crippen LogP contribution >= 0.6 is 0 Å². The highest BCUT2D eigenvalue weighted by Crippen LogP contribution is 2.26. The number of rotatable bonds is 4. The van der Waals surface area contributed by atoms with Crippen LogP contribution in [0.1, 0.15) is 42.3 Å². The van der Waals surface area contributed by atoms with E-state index in [1.54, 1.807) is 47.1 Å². The number of piperazine rings is 1. The van der Waals surface area contributed by atoms with E-state index in [4.69, 9.17) is 4.74 Å². The van der Waals surface area contributed by atoms with E-state index < -0.39 is 21.7 Å². The molecule has 0 aliphatic carbocycles. The van der Waals surface area contributed by atoms with Crippen LogP contribution in [0.25, 0.3) is 0 Å². The maximum Gasteiger partial charge on any atom is 0.410 e. The minimum absolute atomic E-state index is 0.126. The van der Waals surface area contributed by atoms with E-state index in [-0.39, 0.29) is 22.1 Å². The third kappa shape index (κ3) is 6.04. The summed E-state index contributed by atoms with van der Waals surface area (Å²) in [4.78, 5) is 28.9. The number of nitrogens with zero attached hydrogens (tertiary/aromatic N) is 2. The zero-order valence-corrected chi connectivity index (χ0v) is 20.5. The van der Waals surface area contributed by atoms with E-state index in [1.165, 1.54) is 12.1 Å². The smallest absolute Gasteiger partial charge is 0.410 e. The number of ether oxygens (including phenoxy) is 1. The van der Waals surface area contributed by atoms with Crippen molar-refractivity contribution in [3.8, 4) is 0 Å². The minimum Gasteiger partial charge on any atom is -0.444 e. The SMILES string of the molecule is Cc1ccc(S(=O)(=O)Nc2c(C)cccc2C(=O)N2CCN(C(=O)OC(C)(C)C)CC2)cc1. The molecule has 0 spiro atoms. The van der Waals surface area contributed by atoms with E-state index >= 15 is 0 Å². The summed E-state index contributed by atoms with van der Waals surface area (Å²) >= 11 is 0. The van der Waals surface area contributed by atoms with Gasteiger partial charge in [0.05, 0.1) is 16.1 Å². The van der Waals surface area contributed by atoms with E-state index in [2.05, 4.69) is 4.72 Å². The Morgan fingerprint density at radius 3 is 2.06 bits per heavy atom. The molecule has 1 fully saturated rings. The molecule has 178 valence electrons. The minimum atomic E-state index is -3.87. The van der Waals surface area contributed by atoms with Crippen LogP contribution in [-0.4, -0.2) is 62.0 Å². The zero-order valence-electron chi connectivity index (χ0n) is 19.7. The van der Waals surface area contributed by atoms with Crippen LogP contribution in [0, 0.1) is 13.8 Å². The summed E-state index contributed by atoms with van der Waals surface area (Å²) in [7, 11) is -3.87. The standard InChI is InChI=1S/C24H31N3O5S/c1-17-9-11-19(12-10-17)33(30,31)25-21-18(2)7-6-8-20(21)22(28)26-13-15-27(16-14-26)23(29)32-24(3,4)5/h6-12,25H,13-16H2,1-5H3. The van der Waals surface area contributed by atoms with Gasteiger partial charge in [-0.1, -0.05) is 29.8 Å². The summed E-state index contributed by atoms with van der Waals surface area (Å²) in [5.41, 5.74) is 1.54. The first-order chi connectivity index (χ1) is 15.4. The molecule has 1 N–H and O–H groups in total. The number of anilines is 1. The van der Waals surface area contributed by atoms with Gasteiger partial charge in [0.25, 0.3) is 15.9 Å². The lowest BCUT2D eigenvalue weighted by atomic mass is 10.1. The topological polar surface area (TPSA) is 96.0 Å². The molecule has 33 heavy (non-hydrogen) atoms. The Labute approximate surface area is 195 Å². The third-order valence-electron chi connectivity index (χ3n) is 5.29. The average Bonchev–Trinajstić information content (AvgIpc) is 2.74. The Morgan fingerprint density at radius 1 is 0.909 bits per heavy atom. The second-order valence-corrected chi connectivity index (χ2v) is 10.9. The monoisotopic (exact) mass is 473 g/mol. The zero-order chi connectivity index (χ0) is 24.4. The highest BCUT2D eigenvalue weighted by Gasteiger charge is 2.30. The summed E-state index contributed by atoms with van der Waals surface area (Å²) in [6.07, 6.45) is -0.406. The van der Waals surface area contributed by atoms with Gasteiger partial charge in [-0.2, -0.15) is 0 Å². The van der Waals surface area contributed by atoms with Crippen LogP contribution in [-0.2, 0) is 14.8 Å². The largest absolute Gasteiger partial charge is 0.444 e. The quantitative estimate of drug-likeness (QED) is 0.729. The lowest BCUT2D eigenvalue weighted by Crippen LogP contribution is -2.51. The van der Waals surface area contributed by atoms with Crippen LogP contribution in [0.5, 0.6) is 0 Å². The maximum absolute atomic E-state index is 13.3. The van der Waals surface area contributed by atoms with Gasteiger partial charge in [-0.15, -0.1) is 0 Å². The molecule has 0 unspecified atom stereocenters. The van der Waals surface area contributed by atoms with E-state index in [0.29, 0.717) is 31.7 Å². The predicted octanol–water partition coefficient (Wildman–Crippen LogP) is 3.80. The van der Waals surface area contributed by atoms with Gasteiger partial charge in [-0.25, -0.2) is 13.2 Å². The highest BCUT2D eigenvalue weighted by molar-refractivity contribution is 7.92. The third-order valence-corrected chi connectivity index (χ3v) is 6.66. The van der Waals surface area contributed by atoms with Gasteiger partial charge < -0.3 is 14.5 Å². The molecule has 0 aromatic heterocycles. The van der Waals surface area contributed by atoms with Crippen molar-refractivity contribution in [3.63, 3.8) is 0 Å². The molecule has 8 nitrogen and oxygen atoms in total. The van der Waals surface area contributed by atoms with Crippen LogP contribution in [0.2, 0.25) is 0 Å². The predicted molar refractivity (Wildman–Crippen MR) is 127 cm³/mol. The lowest BCUT2D eigenvalue weighted by Gasteiger charge is -2.36. The summed E-state index contributed by atoms with van der Waals surface area (Å²) in [6, 6.07) is 11.6. The first-order valence-electron chi connectivity index (χ1n) is 10.8. The second-order valence-electron chi connectivity index (χ2n) is 9.18. The highest BCUT2D eigenvalue weighted by atomic mass is 32.2. The first kappa shape index (κ1) is 24.6. The first-order valence-corrected chi connectivity index (χ1v) is 12.3. The number of carbonyl (C=O) groups excluding carboxylic acids is 2. The molecule has 2 aromatic rings. The average molecular weight is 474 g/mol. The Morgan fingerprint density at radius 2 is 1.48 bits per heavy atom. The van der Waals surface area contributed by atoms with Crippen molar-refractivity contribution in [2.75, 3.05) is 30.9 Å². The van der Waals surface area contributed by atoms with Crippen molar-refractivity contribution in [2.45, 2.75) is 45.1 Å². The van der Waals surface area contributed by atoms with Gasteiger partial charge in [0, 0.05) is 26.2 Å². The number of para-hydroxylation sites is 1. The van der Waals surface area contributed by atoms with Crippen molar-refractivity contribution < 1.29 is 22.7 Å². The number of hydrogen-bond acceptors (Lipinski definition) is 5. The molecular weight excluding hydrogens is 442 g/mol. The van der Waals surface area contributed by atoms with Crippen LogP contribution in [0.3, 0.4) is 0 Å². The fourth-order valence-electron chi connectivity index (χ4n) is 3.48. The summed E-state index contributed by atoms with van der Waals surface area (Å²) in [5.74, 6) is -0.288. The molecule has 2 amide bonds. The Hall–Kier alpha value is -3.07. The molecule has 0 radical (unpaired) electrons. The van der Waals surface area contributed by atoms with Gasteiger partial charge in [0.2, 0.25) is 0 Å². The fourth-order valence-corrected chi connectivity index (χ4v) is 4.63. The number of hydrogen-bond donors (Lipinski definition) is 1. The molecule has 9 heteroatoms. The summed E-state index contributed by atoms with van der Waals surface area (Å²) in [5, 5.41) is 0. The molecular formula is C24H31N3O5S. The van der Waals surface area contributed by atoms with Crippen molar-refractivity contribution in [1.82, 2.24) is 9.80 Å². The molecule has 0 saturated carbocycles. The number of carbonyl (C=O) groups is 2. The molecule has 1 aliphatic rings. The molecule has 2 aromatic carbocycles. The molecule has 0 bridgehead atoms. The number of nitrogens with one attached hydrogen (secondary N) is 1. The summed E-state index contributed by atoms with van der Waals surface area (Å²) in [6.45, 7) is 10.4. The van der Waals surface area contributed by atoms with Crippen LogP contribution < -0.4 is 4.72 Å². The number of benzene rings is 2. The molecule has 1 saturated heterocycles. The van der Waals surface area contributed by atoms with Crippen molar-refractivity contribution in [3.05, 3.63) is 59.2 Å². The number of amides is 2. The maximum atomic E-state index is 13.3. The van der Waals surface area contributed by atoms with Crippen molar-refractivity contribution >= 4 is 27.7 Å². The Kier molecular flexibility index (Phi) is 7.02. The molecule has 1 aliphatic heterocycles. The Balaban J connectivity index is 1.77. The van der Waals surface area contributed by atoms with E-state index in [9.17, 15) is 18.0 Å². The second kappa shape index (κ2) is 9.43. The van der Waals surface area contributed by atoms with Crippen LogP contribution in [0.4, 0.5) is 10.5 Å². The van der Waals surface area contributed by atoms with E-state index in [1.807, 2.05) is 27.7 Å². The number of aryl methyl sites for hydroxylation is 2. The molecule has 1 heterocycles. The fraction of sp³-hybridized carbons (Fsp3) is 0.417. The van der Waals surface area contributed by atoms with Crippen molar-refractivity contribution in [1.29, 1.82) is 0 Å². The Bertz CT molecular complexity index is 1130. The molecule has 0 atom stereocenters. The van der Waals surface area contributed by atoms with Gasteiger partial charge in [0.1, 0.15) is 5.60 Å². The van der Waals surface area contributed by atoms with Crippen molar-refractivity contribution in [2.24, 2.45) is 0 Å².